The molecule has 2 rings (SSSR count). The highest BCUT2D eigenvalue weighted by atomic mass is 32.1. The highest BCUT2D eigenvalue weighted by molar-refractivity contribution is 7.09. The van der Waals surface area contributed by atoms with Crippen LogP contribution in [0.3, 0.4) is 0 Å². The number of hydrogen-bond acceptors (Lipinski definition) is 4. The van der Waals surface area contributed by atoms with E-state index < -0.39 is 0 Å². The van der Waals surface area contributed by atoms with Crippen LogP contribution in [0.2, 0.25) is 0 Å². The van der Waals surface area contributed by atoms with Gasteiger partial charge in [0.1, 0.15) is 0 Å². The van der Waals surface area contributed by atoms with E-state index in [1.54, 1.807) is 11.3 Å². The first-order valence-electron chi connectivity index (χ1n) is 6.91. The van der Waals surface area contributed by atoms with Crippen LogP contribution in [0.25, 0.3) is 0 Å². The molecule has 2 N–H and O–H groups in total. The molecule has 0 amide bonds. The molecule has 0 aliphatic carbocycles. The summed E-state index contributed by atoms with van der Waals surface area (Å²) in [6.45, 7) is 7.18. The largest absolute Gasteiger partial charge is 0.326 e. The molecular formula is C16H23N3S. The molecule has 2 aromatic rings. The molecule has 3 nitrogen and oxygen atoms in total. The van der Waals surface area contributed by atoms with Crippen molar-refractivity contribution in [3.05, 3.63) is 51.5 Å². The fraction of sp³-hybridized carbons (Fsp3) is 0.438. The molecule has 2 unspecified atom stereocenters. The number of likely N-dealkylation sites (N-methyl/N-ethyl adjacent to an activating group) is 1. The Morgan fingerprint density at radius 3 is 2.55 bits per heavy atom. The SMILES string of the molecule is Cc1ccccc1C(C(C)N)N(C)Cc1scnc1C. The zero-order valence-corrected chi connectivity index (χ0v) is 13.4. The minimum atomic E-state index is 0.0781. The Kier molecular flexibility index (Phi) is 4.91. The van der Waals surface area contributed by atoms with Crippen LogP contribution in [0.15, 0.2) is 29.8 Å². The Hall–Kier alpha value is -1.23. The van der Waals surface area contributed by atoms with Crippen LogP contribution in [0, 0.1) is 13.8 Å². The van der Waals surface area contributed by atoms with E-state index in [0.29, 0.717) is 0 Å². The summed E-state index contributed by atoms with van der Waals surface area (Å²) < 4.78 is 0. The van der Waals surface area contributed by atoms with Gasteiger partial charge in [-0.25, -0.2) is 4.98 Å². The van der Waals surface area contributed by atoms with Crippen molar-refractivity contribution in [2.24, 2.45) is 5.73 Å². The fourth-order valence-electron chi connectivity index (χ4n) is 2.64. The number of nitrogens with zero attached hydrogens (tertiary/aromatic N) is 2. The molecule has 0 aliphatic heterocycles. The molecule has 1 aromatic heterocycles. The van der Waals surface area contributed by atoms with E-state index in [0.717, 1.165) is 12.2 Å². The maximum atomic E-state index is 6.25. The first-order valence-corrected chi connectivity index (χ1v) is 7.79. The van der Waals surface area contributed by atoms with Crippen molar-refractivity contribution in [3.8, 4) is 0 Å². The Bertz CT molecular complexity index is 562. The van der Waals surface area contributed by atoms with Gasteiger partial charge in [-0.05, 0) is 38.9 Å². The molecule has 0 spiro atoms. The van der Waals surface area contributed by atoms with Crippen LogP contribution in [-0.4, -0.2) is 23.0 Å². The molecule has 108 valence electrons. The van der Waals surface area contributed by atoms with Crippen LogP contribution in [0.4, 0.5) is 0 Å². The Morgan fingerprint density at radius 1 is 1.30 bits per heavy atom. The summed E-state index contributed by atoms with van der Waals surface area (Å²) in [6.07, 6.45) is 0. The molecule has 4 heteroatoms. The third kappa shape index (κ3) is 3.26. The predicted molar refractivity (Wildman–Crippen MR) is 85.9 cm³/mol. The van der Waals surface area contributed by atoms with Crippen molar-refractivity contribution in [2.45, 2.75) is 39.4 Å². The number of hydrogen-bond donors (Lipinski definition) is 1. The lowest BCUT2D eigenvalue weighted by atomic mass is 9.95. The van der Waals surface area contributed by atoms with Crippen molar-refractivity contribution < 1.29 is 0 Å². The van der Waals surface area contributed by atoms with Crippen LogP contribution >= 0.6 is 11.3 Å². The van der Waals surface area contributed by atoms with E-state index in [-0.39, 0.29) is 12.1 Å². The van der Waals surface area contributed by atoms with Gasteiger partial charge in [0.2, 0.25) is 0 Å². The van der Waals surface area contributed by atoms with Gasteiger partial charge in [-0.1, -0.05) is 24.3 Å². The average molecular weight is 289 g/mol. The van der Waals surface area contributed by atoms with E-state index in [4.69, 9.17) is 5.73 Å². The lowest BCUT2D eigenvalue weighted by Crippen LogP contribution is -2.37. The van der Waals surface area contributed by atoms with E-state index in [1.165, 1.54) is 16.0 Å². The highest BCUT2D eigenvalue weighted by Crippen LogP contribution is 2.27. The van der Waals surface area contributed by atoms with Gasteiger partial charge in [-0.15, -0.1) is 11.3 Å². The molecule has 0 fully saturated rings. The first-order chi connectivity index (χ1) is 9.50. The second-order valence-corrected chi connectivity index (χ2v) is 6.38. The third-order valence-electron chi connectivity index (χ3n) is 3.72. The monoisotopic (exact) mass is 289 g/mol. The minimum Gasteiger partial charge on any atom is -0.326 e. The van der Waals surface area contributed by atoms with Crippen LogP contribution < -0.4 is 5.73 Å². The van der Waals surface area contributed by atoms with E-state index in [1.807, 2.05) is 5.51 Å². The van der Waals surface area contributed by atoms with Gasteiger partial charge in [0.05, 0.1) is 11.2 Å². The standard InChI is InChI=1S/C16H23N3S/c1-11-7-5-6-8-14(11)16(12(2)17)19(4)9-15-13(3)18-10-20-15/h5-8,10,12,16H,9,17H2,1-4H3. The lowest BCUT2D eigenvalue weighted by molar-refractivity contribution is 0.211. The lowest BCUT2D eigenvalue weighted by Gasteiger charge is -2.32. The summed E-state index contributed by atoms with van der Waals surface area (Å²) in [5.74, 6) is 0. The van der Waals surface area contributed by atoms with Gasteiger partial charge in [0.25, 0.3) is 0 Å². The molecule has 0 saturated heterocycles. The maximum Gasteiger partial charge on any atom is 0.0798 e. The number of thiazole rings is 1. The number of rotatable bonds is 5. The third-order valence-corrected chi connectivity index (χ3v) is 4.64. The molecular weight excluding hydrogens is 266 g/mol. The summed E-state index contributed by atoms with van der Waals surface area (Å²) in [6, 6.07) is 8.79. The van der Waals surface area contributed by atoms with Gasteiger partial charge in [0, 0.05) is 23.5 Å². The Morgan fingerprint density at radius 2 is 2.00 bits per heavy atom. The Labute approximate surface area is 125 Å². The van der Waals surface area contributed by atoms with E-state index in [9.17, 15) is 0 Å². The van der Waals surface area contributed by atoms with Gasteiger partial charge in [-0.2, -0.15) is 0 Å². The smallest absolute Gasteiger partial charge is 0.0798 e. The zero-order chi connectivity index (χ0) is 14.7. The normalized spacial score (nSPS) is 14.5. The summed E-state index contributed by atoms with van der Waals surface area (Å²) >= 11 is 1.71. The zero-order valence-electron chi connectivity index (χ0n) is 12.6. The van der Waals surface area contributed by atoms with Gasteiger partial charge < -0.3 is 5.73 Å². The number of benzene rings is 1. The van der Waals surface area contributed by atoms with Gasteiger partial charge in [0.15, 0.2) is 0 Å². The number of aryl methyl sites for hydroxylation is 2. The van der Waals surface area contributed by atoms with Crippen molar-refractivity contribution in [3.63, 3.8) is 0 Å². The van der Waals surface area contributed by atoms with Crippen molar-refractivity contribution in [2.75, 3.05) is 7.05 Å². The van der Waals surface area contributed by atoms with Crippen LogP contribution in [0.1, 0.15) is 34.7 Å². The fourth-order valence-corrected chi connectivity index (χ4v) is 3.48. The first kappa shape index (κ1) is 15.2. The molecule has 20 heavy (non-hydrogen) atoms. The Balaban J connectivity index is 2.25. The summed E-state index contributed by atoms with van der Waals surface area (Å²) in [4.78, 5) is 7.96. The number of nitrogens with two attached hydrogens (primary N) is 1. The molecule has 0 saturated carbocycles. The molecule has 0 bridgehead atoms. The van der Waals surface area contributed by atoms with Crippen molar-refractivity contribution in [1.29, 1.82) is 0 Å². The van der Waals surface area contributed by atoms with Crippen LogP contribution in [-0.2, 0) is 6.54 Å². The highest BCUT2D eigenvalue weighted by Gasteiger charge is 2.23. The van der Waals surface area contributed by atoms with Gasteiger partial charge in [-0.3, -0.25) is 4.90 Å². The quantitative estimate of drug-likeness (QED) is 0.918. The molecule has 2 atom stereocenters. The number of aromatic nitrogens is 1. The summed E-state index contributed by atoms with van der Waals surface area (Å²) in [5, 5.41) is 0. The second kappa shape index (κ2) is 6.48. The van der Waals surface area contributed by atoms with Crippen molar-refractivity contribution >= 4 is 11.3 Å². The van der Waals surface area contributed by atoms with E-state index in [2.05, 4.69) is 62.0 Å². The molecule has 1 aromatic carbocycles. The maximum absolute atomic E-state index is 6.25. The van der Waals surface area contributed by atoms with Crippen molar-refractivity contribution in [1.82, 2.24) is 9.88 Å². The predicted octanol–water partition coefficient (Wildman–Crippen LogP) is 3.28. The molecule has 1 heterocycles. The summed E-state index contributed by atoms with van der Waals surface area (Å²) in [5.41, 5.74) is 11.9. The summed E-state index contributed by atoms with van der Waals surface area (Å²) in [7, 11) is 2.14. The topological polar surface area (TPSA) is 42.1 Å². The van der Waals surface area contributed by atoms with E-state index >= 15 is 0 Å². The van der Waals surface area contributed by atoms with Gasteiger partial charge >= 0.3 is 0 Å². The van der Waals surface area contributed by atoms with Crippen LogP contribution in [0.5, 0.6) is 0 Å². The molecule has 0 radical (unpaired) electrons. The average Bonchev–Trinajstić information content (AvgIpc) is 2.77. The minimum absolute atomic E-state index is 0.0781. The second-order valence-electron chi connectivity index (χ2n) is 5.44. The molecule has 0 aliphatic rings.